The number of likely N-dealkylation sites (tertiary alicyclic amines) is 1. The summed E-state index contributed by atoms with van der Waals surface area (Å²) in [7, 11) is -1.14. The number of hydrogen-bond acceptors (Lipinski definition) is 4. The third-order valence-corrected chi connectivity index (χ3v) is 6.90. The largest absolute Gasteiger partial charge is 0.355 e. The Labute approximate surface area is 183 Å². The molecule has 0 aromatic carbocycles. The Morgan fingerprint density at radius 2 is 1.70 bits per heavy atom. The highest BCUT2D eigenvalue weighted by molar-refractivity contribution is 14.0. The molecule has 2 fully saturated rings. The molecule has 8 heteroatoms. The van der Waals surface area contributed by atoms with Crippen LogP contribution in [-0.4, -0.2) is 69.5 Å². The van der Waals surface area contributed by atoms with Gasteiger partial charge in [0.2, 0.25) is 0 Å². The van der Waals surface area contributed by atoms with Gasteiger partial charge in [-0.2, -0.15) is 0 Å². The van der Waals surface area contributed by atoms with Crippen molar-refractivity contribution in [1.82, 2.24) is 15.5 Å². The Morgan fingerprint density at radius 3 is 2.26 bits per heavy atom. The molecule has 2 rings (SSSR count). The van der Waals surface area contributed by atoms with Gasteiger partial charge < -0.3 is 10.6 Å². The van der Waals surface area contributed by atoms with Crippen LogP contribution in [0, 0.1) is 0 Å². The van der Waals surface area contributed by atoms with Crippen LogP contribution in [0.2, 0.25) is 0 Å². The molecule has 1 saturated heterocycles. The highest BCUT2D eigenvalue weighted by Crippen LogP contribution is 2.35. The van der Waals surface area contributed by atoms with Gasteiger partial charge in [0.15, 0.2) is 5.96 Å². The summed E-state index contributed by atoms with van der Waals surface area (Å²) in [5, 5.41) is 6.91. The van der Waals surface area contributed by atoms with Crippen molar-refractivity contribution in [2.75, 3.05) is 38.7 Å². The summed E-state index contributed by atoms with van der Waals surface area (Å²) in [6, 6.07) is 0.0771. The number of rotatable bonds is 7. The maximum atomic E-state index is 11.4. The number of piperidine rings is 1. The van der Waals surface area contributed by atoms with Crippen molar-refractivity contribution in [3.05, 3.63) is 0 Å². The van der Waals surface area contributed by atoms with Gasteiger partial charge in [-0.1, -0.05) is 25.7 Å². The van der Waals surface area contributed by atoms with Gasteiger partial charge in [-0.25, -0.2) is 8.42 Å². The standard InChI is InChI=1S/C19H38N4O2S.HI/c1-17(10-15-26(3,24)25)22-18(20-2)21-16-19(11-6-4-7-12-19)23-13-8-5-9-14-23;/h17H,4-16H2,1-3H3,(H2,20,21,22);1H. The lowest BCUT2D eigenvalue weighted by Crippen LogP contribution is -2.59. The van der Waals surface area contributed by atoms with E-state index < -0.39 is 9.84 Å². The fourth-order valence-corrected chi connectivity index (χ4v) is 5.10. The van der Waals surface area contributed by atoms with Crippen molar-refractivity contribution in [1.29, 1.82) is 0 Å². The second-order valence-electron chi connectivity index (χ2n) is 8.22. The van der Waals surface area contributed by atoms with Gasteiger partial charge in [0.1, 0.15) is 9.84 Å². The second kappa shape index (κ2) is 11.8. The van der Waals surface area contributed by atoms with Gasteiger partial charge >= 0.3 is 0 Å². The molecule has 1 unspecified atom stereocenters. The summed E-state index contributed by atoms with van der Waals surface area (Å²) in [6.45, 7) is 5.38. The van der Waals surface area contributed by atoms with E-state index in [-0.39, 0.29) is 41.3 Å². The zero-order chi connectivity index (χ0) is 19.0. The van der Waals surface area contributed by atoms with Gasteiger partial charge in [0.05, 0.1) is 5.75 Å². The first-order chi connectivity index (χ1) is 12.3. The van der Waals surface area contributed by atoms with E-state index in [9.17, 15) is 8.42 Å². The van der Waals surface area contributed by atoms with Crippen LogP contribution >= 0.6 is 24.0 Å². The second-order valence-corrected chi connectivity index (χ2v) is 10.5. The van der Waals surface area contributed by atoms with Gasteiger partial charge in [0.25, 0.3) is 0 Å². The van der Waals surface area contributed by atoms with E-state index in [1.54, 1.807) is 7.05 Å². The molecule has 27 heavy (non-hydrogen) atoms. The lowest BCUT2D eigenvalue weighted by molar-refractivity contribution is 0.0368. The first kappa shape index (κ1) is 24.9. The molecule has 0 amide bonds. The summed E-state index contributed by atoms with van der Waals surface area (Å²) in [5.41, 5.74) is 0.256. The monoisotopic (exact) mass is 514 g/mol. The summed E-state index contributed by atoms with van der Waals surface area (Å²) < 4.78 is 22.7. The molecule has 160 valence electrons. The number of guanidine groups is 1. The molecule has 1 saturated carbocycles. The van der Waals surface area contributed by atoms with Crippen LogP contribution in [-0.2, 0) is 9.84 Å². The minimum absolute atomic E-state index is 0. The van der Waals surface area contributed by atoms with E-state index in [0.29, 0.717) is 6.42 Å². The van der Waals surface area contributed by atoms with E-state index in [2.05, 4.69) is 20.5 Å². The first-order valence-electron chi connectivity index (χ1n) is 10.2. The third kappa shape index (κ3) is 8.43. The first-order valence-corrected chi connectivity index (χ1v) is 12.3. The molecule has 0 aromatic heterocycles. The van der Waals surface area contributed by atoms with Crippen molar-refractivity contribution in [3.63, 3.8) is 0 Å². The summed E-state index contributed by atoms with van der Waals surface area (Å²) in [5.74, 6) is 0.989. The van der Waals surface area contributed by atoms with Crippen molar-refractivity contribution >= 4 is 39.8 Å². The average Bonchev–Trinajstić information content (AvgIpc) is 2.64. The van der Waals surface area contributed by atoms with Crippen LogP contribution in [0.3, 0.4) is 0 Å². The lowest BCUT2D eigenvalue weighted by Gasteiger charge is -2.48. The Balaban J connectivity index is 0.00000364. The zero-order valence-electron chi connectivity index (χ0n) is 17.3. The Hall–Kier alpha value is -0.0900. The van der Waals surface area contributed by atoms with Crippen LogP contribution in [0.15, 0.2) is 4.99 Å². The number of nitrogens with one attached hydrogen (secondary N) is 2. The van der Waals surface area contributed by atoms with Gasteiger partial charge in [-0.3, -0.25) is 9.89 Å². The van der Waals surface area contributed by atoms with Crippen molar-refractivity contribution in [3.8, 4) is 0 Å². The average molecular weight is 515 g/mol. The van der Waals surface area contributed by atoms with Crippen molar-refractivity contribution in [2.45, 2.75) is 76.3 Å². The smallest absolute Gasteiger partial charge is 0.191 e. The molecule has 2 aliphatic rings. The third-order valence-electron chi connectivity index (χ3n) is 5.92. The fourth-order valence-electron chi connectivity index (χ4n) is 4.32. The maximum Gasteiger partial charge on any atom is 0.191 e. The summed E-state index contributed by atoms with van der Waals surface area (Å²) >= 11 is 0. The molecule has 0 aromatic rings. The van der Waals surface area contributed by atoms with E-state index in [0.717, 1.165) is 12.5 Å². The Kier molecular flexibility index (Phi) is 10.9. The van der Waals surface area contributed by atoms with Gasteiger partial charge in [-0.05, 0) is 52.1 Å². The molecule has 1 aliphatic carbocycles. The van der Waals surface area contributed by atoms with E-state index in [1.165, 1.54) is 70.7 Å². The normalized spacial score (nSPS) is 22.6. The van der Waals surface area contributed by atoms with Crippen molar-refractivity contribution < 1.29 is 8.42 Å². The highest BCUT2D eigenvalue weighted by atomic mass is 127. The van der Waals surface area contributed by atoms with Crippen LogP contribution in [0.1, 0.15) is 64.7 Å². The minimum Gasteiger partial charge on any atom is -0.355 e. The van der Waals surface area contributed by atoms with E-state index in [4.69, 9.17) is 0 Å². The predicted octanol–water partition coefficient (Wildman–Crippen LogP) is 2.78. The zero-order valence-corrected chi connectivity index (χ0v) is 20.4. The molecule has 0 bridgehead atoms. The quantitative estimate of drug-likeness (QED) is 0.311. The summed E-state index contributed by atoms with van der Waals surface area (Å²) in [4.78, 5) is 7.08. The van der Waals surface area contributed by atoms with Crippen molar-refractivity contribution in [2.24, 2.45) is 4.99 Å². The fraction of sp³-hybridized carbons (Fsp3) is 0.947. The molecule has 1 aliphatic heterocycles. The topological polar surface area (TPSA) is 73.8 Å². The van der Waals surface area contributed by atoms with Crippen LogP contribution in [0.25, 0.3) is 0 Å². The SMILES string of the molecule is CN=C(NCC1(N2CCCCC2)CCCCC1)NC(C)CCS(C)(=O)=O.I. The number of halogens is 1. The van der Waals surface area contributed by atoms with E-state index in [1.807, 2.05) is 6.92 Å². The molecule has 1 atom stereocenters. The van der Waals surface area contributed by atoms with Crippen LogP contribution in [0.5, 0.6) is 0 Å². The van der Waals surface area contributed by atoms with Gasteiger partial charge in [0, 0.05) is 31.4 Å². The lowest BCUT2D eigenvalue weighted by atomic mass is 9.79. The predicted molar refractivity (Wildman–Crippen MR) is 125 cm³/mol. The van der Waals surface area contributed by atoms with Crippen LogP contribution in [0.4, 0.5) is 0 Å². The number of sulfone groups is 1. The maximum absolute atomic E-state index is 11.4. The molecule has 0 radical (unpaired) electrons. The van der Waals surface area contributed by atoms with Crippen LogP contribution < -0.4 is 10.6 Å². The molecular formula is C19H39IN4O2S. The number of hydrogen-bond donors (Lipinski definition) is 2. The molecular weight excluding hydrogens is 475 g/mol. The summed E-state index contributed by atoms with van der Waals surface area (Å²) in [6.07, 6.45) is 12.4. The Bertz CT molecular complexity index is 556. The molecule has 1 heterocycles. The molecule has 0 spiro atoms. The number of nitrogens with zero attached hydrogens (tertiary/aromatic N) is 2. The Morgan fingerprint density at radius 1 is 1.11 bits per heavy atom. The minimum atomic E-state index is -2.92. The van der Waals surface area contributed by atoms with E-state index >= 15 is 0 Å². The molecule has 6 nitrogen and oxygen atoms in total. The molecule has 2 N–H and O–H groups in total. The number of aliphatic imine (C=N–C) groups is 1. The highest BCUT2D eigenvalue weighted by Gasteiger charge is 2.38. The van der Waals surface area contributed by atoms with Gasteiger partial charge in [-0.15, -0.1) is 24.0 Å².